The molecule has 1 rings (SSSR count). The first-order valence-corrected chi connectivity index (χ1v) is 13.6. The van der Waals surface area contributed by atoms with E-state index in [2.05, 4.69) is 36.1 Å². The van der Waals surface area contributed by atoms with E-state index < -0.39 is 0 Å². The van der Waals surface area contributed by atoms with Crippen LogP contribution in [0, 0.1) is 0 Å². The molecular weight excluding hydrogens is 412 g/mol. The van der Waals surface area contributed by atoms with E-state index in [1.807, 2.05) is 14.1 Å². The number of carbonyl (C=O) groups excluding carboxylic acids is 1. The Labute approximate surface area is 204 Å². The largest absolute Gasteiger partial charge is 0.449 e. The van der Waals surface area contributed by atoms with Crippen molar-refractivity contribution in [1.29, 1.82) is 0 Å². The molecule has 0 N–H and O–H groups in total. The van der Waals surface area contributed by atoms with E-state index in [0.29, 0.717) is 13.2 Å². The number of hydrogen-bond acceptors (Lipinski definition) is 4. The molecule has 1 aliphatic heterocycles. The van der Waals surface area contributed by atoms with Crippen molar-refractivity contribution in [2.75, 3.05) is 46.9 Å². The quantitative estimate of drug-likeness (QED) is 0.144. The number of ether oxygens (including phenoxy) is 2. The molecule has 1 aliphatic rings. The molecule has 0 spiro atoms. The van der Waals surface area contributed by atoms with Crippen LogP contribution in [-0.4, -0.2) is 68.9 Å². The number of unbranched alkanes of at least 4 members (excludes halogenated alkanes) is 9. The molecule has 5 heteroatoms. The van der Waals surface area contributed by atoms with Crippen LogP contribution in [0.4, 0.5) is 4.79 Å². The van der Waals surface area contributed by atoms with Crippen molar-refractivity contribution < 1.29 is 14.3 Å². The van der Waals surface area contributed by atoms with Crippen molar-refractivity contribution in [1.82, 2.24) is 9.80 Å². The van der Waals surface area contributed by atoms with Gasteiger partial charge in [0.15, 0.2) is 0 Å². The predicted molar refractivity (Wildman–Crippen MR) is 140 cm³/mol. The Hall–Kier alpha value is -1.33. The minimum Gasteiger partial charge on any atom is -0.449 e. The fourth-order valence-corrected chi connectivity index (χ4v) is 4.00. The van der Waals surface area contributed by atoms with Gasteiger partial charge in [-0.05, 0) is 65.5 Å². The number of allylic oxidation sites excluding steroid dienone is 4. The van der Waals surface area contributed by atoms with Crippen molar-refractivity contribution in [2.24, 2.45) is 0 Å². The predicted octanol–water partition coefficient (Wildman–Crippen LogP) is 6.98. The van der Waals surface area contributed by atoms with Crippen molar-refractivity contribution in [3.05, 3.63) is 24.3 Å². The number of rotatable bonds is 20. The van der Waals surface area contributed by atoms with E-state index in [4.69, 9.17) is 9.47 Å². The van der Waals surface area contributed by atoms with Crippen LogP contribution < -0.4 is 0 Å². The van der Waals surface area contributed by atoms with E-state index in [-0.39, 0.29) is 12.2 Å². The minimum atomic E-state index is -0.187. The molecule has 192 valence electrons. The third-order valence-corrected chi connectivity index (χ3v) is 6.08. The fourth-order valence-electron chi connectivity index (χ4n) is 4.00. The second kappa shape index (κ2) is 21.2. The molecule has 1 unspecified atom stereocenters. The van der Waals surface area contributed by atoms with E-state index in [1.54, 1.807) is 4.90 Å². The number of carbonyl (C=O) groups is 1. The normalized spacial score (nSPS) is 16.6. The Kier molecular flexibility index (Phi) is 19.1. The van der Waals surface area contributed by atoms with Crippen LogP contribution in [0.2, 0.25) is 0 Å². The summed E-state index contributed by atoms with van der Waals surface area (Å²) in [6, 6.07) is 0. The van der Waals surface area contributed by atoms with Crippen LogP contribution in [-0.2, 0) is 9.47 Å². The second-order valence-electron chi connectivity index (χ2n) is 9.58. The molecule has 1 amide bonds. The molecule has 1 atom stereocenters. The summed E-state index contributed by atoms with van der Waals surface area (Å²) in [6.45, 7) is 5.92. The van der Waals surface area contributed by atoms with Crippen molar-refractivity contribution in [3.63, 3.8) is 0 Å². The highest BCUT2D eigenvalue weighted by Gasteiger charge is 2.27. The lowest BCUT2D eigenvalue weighted by Gasteiger charge is -2.17. The van der Waals surface area contributed by atoms with Gasteiger partial charge in [-0.1, -0.05) is 69.8 Å². The third-order valence-electron chi connectivity index (χ3n) is 6.08. The Morgan fingerprint density at radius 2 is 1.55 bits per heavy atom. The molecule has 33 heavy (non-hydrogen) atoms. The van der Waals surface area contributed by atoms with E-state index >= 15 is 0 Å². The SMILES string of the molecule is CCCCC/C=C\C/C=C\CCCCCCCCOC1CCN(C(=O)OCCCN(C)C)C1. The zero-order valence-corrected chi connectivity index (χ0v) is 21.9. The summed E-state index contributed by atoms with van der Waals surface area (Å²) in [7, 11) is 4.05. The van der Waals surface area contributed by atoms with Gasteiger partial charge in [0.25, 0.3) is 0 Å². The highest BCUT2D eigenvalue weighted by atomic mass is 16.6. The second-order valence-corrected chi connectivity index (χ2v) is 9.58. The topological polar surface area (TPSA) is 42.0 Å². The standard InChI is InChI=1S/C28H52N2O3/c1-4-5-6-7-8-9-10-11-12-13-14-15-16-17-18-19-24-32-27-21-23-30(26-27)28(31)33-25-20-22-29(2)3/h8-9,11-12,27H,4-7,10,13-26H2,1-3H3/b9-8-,12-11-. The molecule has 0 bridgehead atoms. The number of likely N-dealkylation sites (tertiary alicyclic amines) is 1. The van der Waals surface area contributed by atoms with Crippen molar-refractivity contribution in [2.45, 2.75) is 103 Å². The molecule has 1 fully saturated rings. The van der Waals surface area contributed by atoms with Gasteiger partial charge in [-0.2, -0.15) is 0 Å². The van der Waals surface area contributed by atoms with Gasteiger partial charge in [0.2, 0.25) is 0 Å². The number of amides is 1. The lowest BCUT2D eigenvalue weighted by Crippen LogP contribution is -2.31. The molecule has 1 heterocycles. The highest BCUT2D eigenvalue weighted by Crippen LogP contribution is 2.15. The highest BCUT2D eigenvalue weighted by molar-refractivity contribution is 5.68. The van der Waals surface area contributed by atoms with E-state index in [1.165, 1.54) is 64.2 Å². The average Bonchev–Trinajstić information content (AvgIpc) is 3.27. The lowest BCUT2D eigenvalue weighted by atomic mass is 10.1. The van der Waals surface area contributed by atoms with Gasteiger partial charge < -0.3 is 19.3 Å². The van der Waals surface area contributed by atoms with Gasteiger partial charge in [-0.3, -0.25) is 0 Å². The lowest BCUT2D eigenvalue weighted by molar-refractivity contribution is 0.0522. The summed E-state index contributed by atoms with van der Waals surface area (Å²) in [4.78, 5) is 16.0. The summed E-state index contributed by atoms with van der Waals surface area (Å²) in [5.41, 5.74) is 0. The maximum atomic E-state index is 12.1. The first-order chi connectivity index (χ1) is 16.1. The Bertz CT molecular complexity index is 519. The molecule has 0 aromatic carbocycles. The van der Waals surface area contributed by atoms with E-state index in [9.17, 15) is 4.79 Å². The molecule has 0 saturated carbocycles. The van der Waals surface area contributed by atoms with E-state index in [0.717, 1.165) is 45.4 Å². The molecule has 0 aromatic rings. The summed E-state index contributed by atoms with van der Waals surface area (Å²) >= 11 is 0. The summed E-state index contributed by atoms with van der Waals surface area (Å²) < 4.78 is 11.3. The van der Waals surface area contributed by atoms with Gasteiger partial charge >= 0.3 is 6.09 Å². The van der Waals surface area contributed by atoms with Gasteiger partial charge in [-0.25, -0.2) is 4.79 Å². The Morgan fingerprint density at radius 1 is 0.879 bits per heavy atom. The minimum absolute atomic E-state index is 0.178. The van der Waals surface area contributed by atoms with Gasteiger partial charge in [-0.15, -0.1) is 0 Å². The summed E-state index contributed by atoms with van der Waals surface area (Å²) in [5, 5.41) is 0. The zero-order valence-electron chi connectivity index (χ0n) is 21.9. The molecule has 1 saturated heterocycles. The van der Waals surface area contributed by atoms with Crippen molar-refractivity contribution >= 4 is 6.09 Å². The monoisotopic (exact) mass is 464 g/mol. The van der Waals surface area contributed by atoms with Crippen LogP contribution >= 0.6 is 0 Å². The zero-order chi connectivity index (χ0) is 24.0. The molecular formula is C28H52N2O3. The average molecular weight is 465 g/mol. The fraction of sp³-hybridized carbons (Fsp3) is 0.821. The van der Waals surface area contributed by atoms with Gasteiger partial charge in [0.05, 0.1) is 19.3 Å². The summed E-state index contributed by atoms with van der Waals surface area (Å²) in [5.74, 6) is 0. The molecule has 0 radical (unpaired) electrons. The Balaban J connectivity index is 1.86. The Morgan fingerprint density at radius 3 is 2.24 bits per heavy atom. The first kappa shape index (κ1) is 29.7. The molecule has 5 nitrogen and oxygen atoms in total. The van der Waals surface area contributed by atoms with Crippen LogP contribution in [0.5, 0.6) is 0 Å². The number of hydrogen-bond donors (Lipinski definition) is 0. The van der Waals surface area contributed by atoms with Crippen LogP contribution in [0.15, 0.2) is 24.3 Å². The van der Waals surface area contributed by atoms with Crippen LogP contribution in [0.25, 0.3) is 0 Å². The first-order valence-electron chi connectivity index (χ1n) is 13.6. The number of nitrogens with zero attached hydrogens (tertiary/aromatic N) is 2. The summed E-state index contributed by atoms with van der Waals surface area (Å²) in [6.07, 6.45) is 26.2. The smallest absolute Gasteiger partial charge is 0.409 e. The molecule has 0 aromatic heterocycles. The maximum absolute atomic E-state index is 12.1. The molecule has 0 aliphatic carbocycles. The van der Waals surface area contributed by atoms with Crippen LogP contribution in [0.3, 0.4) is 0 Å². The third kappa shape index (κ3) is 17.8. The van der Waals surface area contributed by atoms with Gasteiger partial charge in [0, 0.05) is 19.7 Å². The van der Waals surface area contributed by atoms with Crippen molar-refractivity contribution in [3.8, 4) is 0 Å². The van der Waals surface area contributed by atoms with Crippen LogP contribution in [0.1, 0.15) is 96.8 Å². The maximum Gasteiger partial charge on any atom is 0.409 e. The van der Waals surface area contributed by atoms with Gasteiger partial charge in [0.1, 0.15) is 0 Å².